The van der Waals surface area contributed by atoms with Crippen molar-refractivity contribution in [2.75, 3.05) is 6.54 Å². The third-order valence-corrected chi connectivity index (χ3v) is 5.22. The monoisotopic (exact) mass is 380 g/mol. The van der Waals surface area contributed by atoms with Crippen molar-refractivity contribution >= 4 is 17.7 Å². The molecule has 0 aromatic heterocycles. The predicted octanol–water partition coefficient (Wildman–Crippen LogP) is 2.64. The van der Waals surface area contributed by atoms with Gasteiger partial charge in [-0.05, 0) is 37.5 Å². The third-order valence-electron chi connectivity index (χ3n) is 5.22. The van der Waals surface area contributed by atoms with Gasteiger partial charge in [0.25, 0.3) is 0 Å². The molecule has 1 aromatic rings. The molecule has 1 heterocycles. The van der Waals surface area contributed by atoms with E-state index in [4.69, 9.17) is 0 Å². The number of nitrogens with zero attached hydrogens (tertiary/aromatic N) is 1. The number of rotatable bonds is 6. The first-order valence-electron chi connectivity index (χ1n) is 9.06. The van der Waals surface area contributed by atoms with Crippen molar-refractivity contribution in [1.29, 1.82) is 0 Å². The largest absolute Gasteiger partial charge is 0.435 e. The lowest BCUT2D eigenvalue weighted by Crippen LogP contribution is -2.41. The van der Waals surface area contributed by atoms with Crippen LogP contribution in [0.5, 0.6) is 5.75 Å². The van der Waals surface area contributed by atoms with Gasteiger partial charge in [-0.15, -0.1) is 0 Å². The summed E-state index contributed by atoms with van der Waals surface area (Å²) in [6.07, 6.45) is 3.28. The summed E-state index contributed by atoms with van der Waals surface area (Å²) >= 11 is 0. The number of carbonyl (C=O) groups excluding carboxylic acids is 3. The summed E-state index contributed by atoms with van der Waals surface area (Å²) in [5.74, 6) is -1.46. The Morgan fingerprint density at radius 1 is 1.15 bits per heavy atom. The number of imide groups is 1. The molecule has 0 bridgehead atoms. The van der Waals surface area contributed by atoms with Gasteiger partial charge in [-0.25, -0.2) is 0 Å². The van der Waals surface area contributed by atoms with Gasteiger partial charge in [0.15, 0.2) is 0 Å². The number of nitrogens with one attached hydrogen (secondary N) is 1. The fourth-order valence-electron chi connectivity index (χ4n) is 3.84. The number of fused-ring (bicyclic) bond motifs is 1. The standard InChI is InChI=1S/C19H22F2N2O4/c1-11(12-6-8-13(9-7-12)27-19(20)21)22-16(24)10-23-17(25)14-4-2-3-5-15(14)18(23)26/h6-9,11,14-15,19H,2-5,10H2,1H3,(H,22,24). The highest BCUT2D eigenvalue weighted by Gasteiger charge is 2.48. The van der Waals surface area contributed by atoms with Crippen molar-refractivity contribution in [3.05, 3.63) is 29.8 Å². The van der Waals surface area contributed by atoms with E-state index < -0.39 is 18.6 Å². The molecular weight excluding hydrogens is 358 g/mol. The highest BCUT2D eigenvalue weighted by Crippen LogP contribution is 2.37. The average Bonchev–Trinajstić information content (AvgIpc) is 2.87. The first kappa shape index (κ1) is 19.3. The zero-order valence-corrected chi connectivity index (χ0v) is 15.0. The molecule has 27 heavy (non-hydrogen) atoms. The van der Waals surface area contributed by atoms with E-state index in [1.54, 1.807) is 19.1 Å². The van der Waals surface area contributed by atoms with Gasteiger partial charge in [-0.2, -0.15) is 8.78 Å². The van der Waals surface area contributed by atoms with Crippen molar-refractivity contribution in [3.8, 4) is 5.75 Å². The van der Waals surface area contributed by atoms with Gasteiger partial charge in [-0.3, -0.25) is 19.3 Å². The Morgan fingerprint density at radius 2 is 1.70 bits per heavy atom. The minimum absolute atomic E-state index is 0.0307. The average molecular weight is 380 g/mol. The number of alkyl halides is 2. The summed E-state index contributed by atoms with van der Waals surface area (Å²) in [5.41, 5.74) is 0.692. The minimum atomic E-state index is -2.90. The summed E-state index contributed by atoms with van der Waals surface area (Å²) in [7, 11) is 0. The maximum absolute atomic E-state index is 12.4. The first-order valence-corrected chi connectivity index (χ1v) is 9.06. The number of benzene rings is 1. The Bertz CT molecular complexity index is 699. The van der Waals surface area contributed by atoms with Crippen LogP contribution in [0.1, 0.15) is 44.2 Å². The van der Waals surface area contributed by atoms with Crippen LogP contribution in [0.4, 0.5) is 8.78 Å². The third kappa shape index (κ3) is 4.26. The molecule has 3 unspecified atom stereocenters. The molecule has 3 rings (SSSR count). The number of halogens is 2. The zero-order valence-electron chi connectivity index (χ0n) is 15.0. The molecule has 1 saturated heterocycles. The van der Waals surface area contributed by atoms with Crippen molar-refractivity contribution in [2.24, 2.45) is 11.8 Å². The van der Waals surface area contributed by atoms with Crippen LogP contribution in [-0.4, -0.2) is 35.8 Å². The second kappa shape index (κ2) is 8.02. The lowest BCUT2D eigenvalue weighted by molar-refractivity contribution is -0.143. The van der Waals surface area contributed by atoms with E-state index in [-0.39, 0.29) is 35.9 Å². The van der Waals surface area contributed by atoms with Gasteiger partial charge < -0.3 is 10.1 Å². The van der Waals surface area contributed by atoms with E-state index >= 15 is 0 Å². The van der Waals surface area contributed by atoms with Gasteiger partial charge in [0, 0.05) is 0 Å². The van der Waals surface area contributed by atoms with Crippen molar-refractivity contribution < 1.29 is 27.9 Å². The van der Waals surface area contributed by atoms with Gasteiger partial charge in [0.1, 0.15) is 12.3 Å². The number of likely N-dealkylation sites (tertiary alicyclic amines) is 1. The molecule has 1 aliphatic carbocycles. The van der Waals surface area contributed by atoms with Crippen LogP contribution >= 0.6 is 0 Å². The molecule has 1 aromatic carbocycles. The molecule has 2 aliphatic rings. The van der Waals surface area contributed by atoms with Crippen LogP contribution in [0.2, 0.25) is 0 Å². The Balaban J connectivity index is 1.57. The molecule has 3 atom stereocenters. The second-order valence-electron chi connectivity index (χ2n) is 7.00. The molecule has 8 heteroatoms. The smallest absolute Gasteiger partial charge is 0.387 e. The fraction of sp³-hybridized carbons (Fsp3) is 0.526. The van der Waals surface area contributed by atoms with E-state index in [0.717, 1.165) is 17.7 Å². The highest BCUT2D eigenvalue weighted by molar-refractivity contribution is 6.07. The molecule has 1 aliphatic heterocycles. The predicted molar refractivity (Wildman–Crippen MR) is 91.8 cm³/mol. The highest BCUT2D eigenvalue weighted by atomic mass is 19.3. The van der Waals surface area contributed by atoms with Gasteiger partial charge in [0.05, 0.1) is 17.9 Å². The zero-order chi connectivity index (χ0) is 19.6. The second-order valence-corrected chi connectivity index (χ2v) is 7.00. The Kier molecular flexibility index (Phi) is 5.72. The Hall–Kier alpha value is -2.51. The van der Waals surface area contributed by atoms with Gasteiger partial charge in [-0.1, -0.05) is 25.0 Å². The normalized spacial score (nSPS) is 23.3. The number of hydrogen-bond acceptors (Lipinski definition) is 4. The summed E-state index contributed by atoms with van der Waals surface area (Å²) in [4.78, 5) is 38.2. The van der Waals surface area contributed by atoms with Crippen LogP contribution in [0.15, 0.2) is 24.3 Å². The first-order chi connectivity index (χ1) is 12.9. The van der Waals surface area contributed by atoms with E-state index in [9.17, 15) is 23.2 Å². The van der Waals surface area contributed by atoms with E-state index in [1.165, 1.54) is 12.1 Å². The van der Waals surface area contributed by atoms with Gasteiger partial charge >= 0.3 is 6.61 Å². The fourth-order valence-corrected chi connectivity index (χ4v) is 3.84. The molecule has 0 radical (unpaired) electrons. The van der Waals surface area contributed by atoms with Crippen LogP contribution in [0, 0.1) is 11.8 Å². The molecule has 1 saturated carbocycles. The van der Waals surface area contributed by atoms with E-state index in [1.807, 2.05) is 0 Å². The number of carbonyl (C=O) groups is 3. The Morgan fingerprint density at radius 3 is 2.22 bits per heavy atom. The number of ether oxygens (including phenoxy) is 1. The molecule has 146 valence electrons. The summed E-state index contributed by atoms with van der Waals surface area (Å²) in [5, 5.41) is 2.73. The quantitative estimate of drug-likeness (QED) is 0.770. The van der Waals surface area contributed by atoms with Crippen LogP contribution in [0.3, 0.4) is 0 Å². The molecular formula is C19H22F2N2O4. The maximum Gasteiger partial charge on any atom is 0.387 e. The molecule has 0 spiro atoms. The Labute approximate surface area is 155 Å². The van der Waals surface area contributed by atoms with Crippen LogP contribution in [0.25, 0.3) is 0 Å². The molecule has 3 amide bonds. The number of amides is 3. The minimum Gasteiger partial charge on any atom is -0.435 e. The van der Waals surface area contributed by atoms with Crippen molar-refractivity contribution in [1.82, 2.24) is 10.2 Å². The maximum atomic E-state index is 12.4. The lowest BCUT2D eigenvalue weighted by atomic mass is 9.81. The number of hydrogen-bond donors (Lipinski definition) is 1. The van der Waals surface area contributed by atoms with Crippen LogP contribution in [-0.2, 0) is 14.4 Å². The van der Waals surface area contributed by atoms with Crippen molar-refractivity contribution in [3.63, 3.8) is 0 Å². The van der Waals surface area contributed by atoms with Crippen molar-refractivity contribution in [2.45, 2.75) is 45.3 Å². The lowest BCUT2D eigenvalue weighted by Gasteiger charge is -2.19. The molecule has 1 N–H and O–H groups in total. The van der Waals surface area contributed by atoms with Gasteiger partial charge in [0.2, 0.25) is 17.7 Å². The molecule has 2 fully saturated rings. The summed E-state index contributed by atoms with van der Waals surface area (Å²) in [6, 6.07) is 5.52. The summed E-state index contributed by atoms with van der Waals surface area (Å²) < 4.78 is 28.6. The van der Waals surface area contributed by atoms with E-state index in [0.29, 0.717) is 18.4 Å². The SMILES string of the molecule is CC(NC(=O)CN1C(=O)C2CCCCC2C1=O)c1ccc(OC(F)F)cc1. The topological polar surface area (TPSA) is 75.7 Å². The van der Waals surface area contributed by atoms with E-state index in [2.05, 4.69) is 10.1 Å². The van der Waals surface area contributed by atoms with Crippen LogP contribution < -0.4 is 10.1 Å². The summed E-state index contributed by atoms with van der Waals surface area (Å²) in [6.45, 7) is -1.46. The molecule has 6 nitrogen and oxygen atoms in total.